The van der Waals surface area contributed by atoms with Gasteiger partial charge in [0.05, 0.1) is 7.11 Å². The summed E-state index contributed by atoms with van der Waals surface area (Å²) >= 11 is 0. The number of hydrogen-bond donors (Lipinski definition) is 1. The molecule has 1 aromatic carbocycles. The van der Waals surface area contributed by atoms with Crippen LogP contribution < -0.4 is 10.1 Å². The van der Waals surface area contributed by atoms with Gasteiger partial charge in [0.2, 0.25) is 0 Å². The van der Waals surface area contributed by atoms with Gasteiger partial charge in [0, 0.05) is 26.2 Å². The molecule has 5 heteroatoms. The van der Waals surface area contributed by atoms with E-state index >= 15 is 0 Å². The van der Waals surface area contributed by atoms with Gasteiger partial charge in [-0.1, -0.05) is 12.1 Å². The van der Waals surface area contributed by atoms with Crippen LogP contribution in [0.4, 0.5) is 4.79 Å². The maximum absolute atomic E-state index is 12.0. The number of likely N-dealkylation sites (tertiary alicyclic amines) is 1. The quantitative estimate of drug-likeness (QED) is 0.906. The van der Waals surface area contributed by atoms with Crippen LogP contribution in [0.1, 0.15) is 32.8 Å². The van der Waals surface area contributed by atoms with Gasteiger partial charge in [0.15, 0.2) is 0 Å². The molecule has 1 aromatic rings. The zero-order valence-electron chi connectivity index (χ0n) is 14.6. The van der Waals surface area contributed by atoms with Crippen molar-refractivity contribution in [2.75, 3.05) is 26.7 Å². The van der Waals surface area contributed by atoms with Crippen LogP contribution in [0.5, 0.6) is 5.75 Å². The Labute approximate surface area is 139 Å². The SMILES string of the molecule is COc1cccc(CNCC2CCN(C(=O)OC(C)(C)C)C2)c1. The molecule has 0 radical (unpaired) electrons. The molecule has 0 bridgehead atoms. The highest BCUT2D eigenvalue weighted by molar-refractivity contribution is 5.68. The largest absolute Gasteiger partial charge is 0.497 e. The van der Waals surface area contributed by atoms with Crippen molar-refractivity contribution in [2.45, 2.75) is 39.3 Å². The van der Waals surface area contributed by atoms with Crippen molar-refractivity contribution < 1.29 is 14.3 Å². The molecule has 1 amide bonds. The summed E-state index contributed by atoms with van der Waals surface area (Å²) in [7, 11) is 1.68. The van der Waals surface area contributed by atoms with Gasteiger partial charge in [-0.3, -0.25) is 0 Å². The standard InChI is InChI=1S/C18H28N2O3/c1-18(2,3)23-17(21)20-9-8-15(13-20)12-19-11-14-6-5-7-16(10-14)22-4/h5-7,10,15,19H,8-9,11-13H2,1-4H3. The molecule has 1 N–H and O–H groups in total. The molecule has 0 spiro atoms. The lowest BCUT2D eigenvalue weighted by atomic mass is 10.1. The number of nitrogens with one attached hydrogen (secondary N) is 1. The van der Waals surface area contributed by atoms with Crippen molar-refractivity contribution in [3.63, 3.8) is 0 Å². The first kappa shape index (κ1) is 17.6. The van der Waals surface area contributed by atoms with Crippen LogP contribution in [0.15, 0.2) is 24.3 Å². The molecule has 1 atom stereocenters. The first-order chi connectivity index (χ1) is 10.9. The van der Waals surface area contributed by atoms with Crippen LogP contribution in [-0.4, -0.2) is 43.3 Å². The molecule has 1 fully saturated rings. The summed E-state index contributed by atoms with van der Waals surface area (Å²) < 4.78 is 10.7. The lowest BCUT2D eigenvalue weighted by Gasteiger charge is -2.24. The fraction of sp³-hybridized carbons (Fsp3) is 0.611. The fourth-order valence-electron chi connectivity index (χ4n) is 2.69. The Morgan fingerprint density at radius 3 is 2.87 bits per heavy atom. The second kappa shape index (κ2) is 7.68. The number of benzene rings is 1. The van der Waals surface area contributed by atoms with Gasteiger partial charge in [-0.15, -0.1) is 0 Å². The predicted octanol–water partition coefficient (Wildman–Crippen LogP) is 3.04. The minimum atomic E-state index is -0.431. The van der Waals surface area contributed by atoms with E-state index in [1.165, 1.54) is 5.56 Å². The molecule has 2 rings (SSSR count). The number of ether oxygens (including phenoxy) is 2. The van der Waals surface area contributed by atoms with Gasteiger partial charge in [-0.25, -0.2) is 4.79 Å². The van der Waals surface area contributed by atoms with Gasteiger partial charge in [0.25, 0.3) is 0 Å². The summed E-state index contributed by atoms with van der Waals surface area (Å²) in [6, 6.07) is 8.06. The molecule has 1 saturated heterocycles. The Kier molecular flexibility index (Phi) is 5.88. The Hall–Kier alpha value is -1.75. The van der Waals surface area contributed by atoms with Crippen molar-refractivity contribution in [1.29, 1.82) is 0 Å². The van der Waals surface area contributed by atoms with E-state index in [0.29, 0.717) is 5.92 Å². The van der Waals surface area contributed by atoms with Crippen molar-refractivity contribution in [1.82, 2.24) is 10.2 Å². The first-order valence-electron chi connectivity index (χ1n) is 8.19. The number of rotatable bonds is 5. The number of amides is 1. The first-order valence-corrected chi connectivity index (χ1v) is 8.19. The third-order valence-corrected chi connectivity index (χ3v) is 3.83. The maximum Gasteiger partial charge on any atom is 0.410 e. The lowest BCUT2D eigenvalue weighted by molar-refractivity contribution is 0.0288. The number of nitrogens with zero attached hydrogens (tertiary/aromatic N) is 1. The van der Waals surface area contributed by atoms with Gasteiger partial charge in [-0.05, 0) is 50.8 Å². The van der Waals surface area contributed by atoms with E-state index in [2.05, 4.69) is 11.4 Å². The van der Waals surface area contributed by atoms with Gasteiger partial charge >= 0.3 is 6.09 Å². The Balaban J connectivity index is 1.72. The Morgan fingerprint density at radius 1 is 1.39 bits per heavy atom. The number of carbonyl (C=O) groups excluding carboxylic acids is 1. The minimum Gasteiger partial charge on any atom is -0.497 e. The third kappa shape index (κ3) is 5.75. The lowest BCUT2D eigenvalue weighted by Crippen LogP contribution is -2.36. The normalized spacial score (nSPS) is 18.1. The molecule has 128 valence electrons. The van der Waals surface area contributed by atoms with Crippen molar-refractivity contribution >= 4 is 6.09 Å². The van der Waals surface area contributed by atoms with E-state index in [0.717, 1.165) is 38.3 Å². The maximum atomic E-state index is 12.0. The smallest absolute Gasteiger partial charge is 0.410 e. The number of methoxy groups -OCH3 is 1. The highest BCUT2D eigenvalue weighted by atomic mass is 16.6. The van der Waals surface area contributed by atoms with E-state index in [4.69, 9.17) is 9.47 Å². The van der Waals surface area contributed by atoms with E-state index in [1.807, 2.05) is 43.9 Å². The molecule has 1 unspecified atom stereocenters. The summed E-state index contributed by atoms with van der Waals surface area (Å²) in [4.78, 5) is 13.9. The Bertz CT molecular complexity index is 525. The van der Waals surface area contributed by atoms with Gasteiger partial charge in [-0.2, -0.15) is 0 Å². The monoisotopic (exact) mass is 320 g/mol. The van der Waals surface area contributed by atoms with Crippen LogP contribution in [-0.2, 0) is 11.3 Å². The minimum absolute atomic E-state index is 0.201. The second-order valence-electron chi connectivity index (χ2n) is 7.06. The second-order valence-corrected chi connectivity index (χ2v) is 7.06. The molecule has 1 aliphatic heterocycles. The topological polar surface area (TPSA) is 50.8 Å². The van der Waals surface area contributed by atoms with Crippen LogP contribution >= 0.6 is 0 Å². The molecule has 0 aliphatic carbocycles. The van der Waals surface area contributed by atoms with Crippen molar-refractivity contribution in [3.05, 3.63) is 29.8 Å². The summed E-state index contributed by atoms with van der Waals surface area (Å²) in [5, 5.41) is 3.47. The molecule has 0 saturated carbocycles. The molecule has 0 aromatic heterocycles. The number of carbonyl (C=O) groups is 1. The zero-order chi connectivity index (χ0) is 16.9. The van der Waals surface area contributed by atoms with E-state index in [9.17, 15) is 4.79 Å². The average molecular weight is 320 g/mol. The highest BCUT2D eigenvalue weighted by Gasteiger charge is 2.29. The van der Waals surface area contributed by atoms with Gasteiger partial charge < -0.3 is 19.7 Å². The van der Waals surface area contributed by atoms with Crippen LogP contribution in [0.25, 0.3) is 0 Å². The average Bonchev–Trinajstić information content (AvgIpc) is 2.95. The molecule has 1 heterocycles. The Morgan fingerprint density at radius 2 is 2.17 bits per heavy atom. The highest BCUT2D eigenvalue weighted by Crippen LogP contribution is 2.19. The van der Waals surface area contributed by atoms with Gasteiger partial charge in [0.1, 0.15) is 11.4 Å². The predicted molar refractivity (Wildman–Crippen MR) is 90.6 cm³/mol. The molecule has 23 heavy (non-hydrogen) atoms. The van der Waals surface area contributed by atoms with Crippen LogP contribution in [0.3, 0.4) is 0 Å². The summed E-state index contributed by atoms with van der Waals surface area (Å²) in [5.41, 5.74) is 0.770. The number of hydrogen-bond acceptors (Lipinski definition) is 4. The fourth-order valence-corrected chi connectivity index (χ4v) is 2.69. The third-order valence-electron chi connectivity index (χ3n) is 3.83. The van der Waals surface area contributed by atoms with Crippen molar-refractivity contribution in [3.8, 4) is 5.75 Å². The summed E-state index contributed by atoms with van der Waals surface area (Å²) in [6.45, 7) is 8.94. The molecular weight excluding hydrogens is 292 g/mol. The molecule has 1 aliphatic rings. The van der Waals surface area contributed by atoms with Crippen molar-refractivity contribution in [2.24, 2.45) is 5.92 Å². The summed E-state index contributed by atoms with van der Waals surface area (Å²) in [6.07, 6.45) is 0.817. The van der Waals surface area contributed by atoms with Crippen LogP contribution in [0, 0.1) is 5.92 Å². The summed E-state index contributed by atoms with van der Waals surface area (Å²) in [5.74, 6) is 1.36. The molecular formula is C18H28N2O3. The zero-order valence-corrected chi connectivity index (χ0v) is 14.6. The van der Waals surface area contributed by atoms with Crippen LogP contribution in [0.2, 0.25) is 0 Å². The van der Waals surface area contributed by atoms with E-state index < -0.39 is 5.60 Å². The molecule has 5 nitrogen and oxygen atoms in total. The van der Waals surface area contributed by atoms with E-state index in [1.54, 1.807) is 7.11 Å². The van der Waals surface area contributed by atoms with E-state index in [-0.39, 0.29) is 6.09 Å².